The van der Waals surface area contributed by atoms with Gasteiger partial charge in [0.05, 0.1) is 0 Å². The molecule has 1 fully saturated rings. The molecule has 1 N–H and O–H groups in total. The molecule has 6 heteroatoms. The molecule has 1 amide bonds. The second-order valence-electron chi connectivity index (χ2n) is 7.28. The summed E-state index contributed by atoms with van der Waals surface area (Å²) in [5.74, 6) is -0.622. The van der Waals surface area contributed by atoms with Gasteiger partial charge in [-0.2, -0.15) is 0 Å². The molecule has 0 radical (unpaired) electrons. The minimum Gasteiger partial charge on any atom is -0.449 e. The third-order valence-electron chi connectivity index (χ3n) is 4.87. The van der Waals surface area contributed by atoms with Crippen molar-refractivity contribution in [2.45, 2.75) is 31.9 Å². The first-order valence-corrected chi connectivity index (χ1v) is 9.79. The molecule has 1 aromatic heterocycles. The standard InChI is InChI=1S/C24H21NO5/c1-15(26)16-7-9-17(10-8-16)20-13-14-21(29-20)24(28)30-22(18-5-3-2-4-6-18)23(27)25-19-11-12-19/h2-10,13-14,19,22H,11-12H2,1H3,(H,25,27)/t22-/m0/s1. The van der Waals surface area contributed by atoms with Crippen LogP contribution in [-0.4, -0.2) is 23.7 Å². The Bertz CT molecular complexity index is 1060. The van der Waals surface area contributed by atoms with Gasteiger partial charge in [0.2, 0.25) is 11.9 Å². The second kappa shape index (κ2) is 8.37. The number of ketones is 1. The van der Waals surface area contributed by atoms with E-state index in [2.05, 4.69) is 5.32 Å². The highest BCUT2D eigenvalue weighted by molar-refractivity contribution is 5.94. The summed E-state index contributed by atoms with van der Waals surface area (Å²) in [6.45, 7) is 1.50. The Morgan fingerprint density at radius 2 is 1.67 bits per heavy atom. The van der Waals surface area contributed by atoms with Crippen LogP contribution in [0.5, 0.6) is 0 Å². The fourth-order valence-electron chi connectivity index (χ4n) is 3.04. The molecular weight excluding hydrogens is 382 g/mol. The highest BCUT2D eigenvalue weighted by atomic mass is 16.6. The number of rotatable bonds is 7. The van der Waals surface area contributed by atoms with Crippen LogP contribution in [0.1, 0.15) is 52.3 Å². The number of hydrogen-bond donors (Lipinski definition) is 1. The Labute approximate surface area is 173 Å². The molecule has 1 heterocycles. The molecule has 0 spiro atoms. The topological polar surface area (TPSA) is 85.6 Å². The minimum atomic E-state index is -1.05. The van der Waals surface area contributed by atoms with Crippen LogP contribution in [0, 0.1) is 0 Å². The maximum absolute atomic E-state index is 12.7. The third-order valence-corrected chi connectivity index (χ3v) is 4.87. The largest absolute Gasteiger partial charge is 0.449 e. The van der Waals surface area contributed by atoms with E-state index in [0.29, 0.717) is 16.9 Å². The molecule has 152 valence electrons. The van der Waals surface area contributed by atoms with Gasteiger partial charge in [0.15, 0.2) is 5.78 Å². The molecular formula is C24H21NO5. The molecule has 1 saturated carbocycles. The Hall–Kier alpha value is -3.67. The summed E-state index contributed by atoms with van der Waals surface area (Å²) in [7, 11) is 0. The number of amides is 1. The van der Waals surface area contributed by atoms with Gasteiger partial charge in [-0.3, -0.25) is 9.59 Å². The Morgan fingerprint density at radius 1 is 0.967 bits per heavy atom. The number of esters is 1. The molecule has 30 heavy (non-hydrogen) atoms. The van der Waals surface area contributed by atoms with E-state index in [-0.39, 0.29) is 23.5 Å². The summed E-state index contributed by atoms with van der Waals surface area (Å²) in [6, 6.07) is 19.1. The summed E-state index contributed by atoms with van der Waals surface area (Å²) in [6.07, 6.45) is 0.818. The van der Waals surface area contributed by atoms with Gasteiger partial charge in [-0.25, -0.2) is 4.79 Å². The normalized spacial score (nSPS) is 14.0. The SMILES string of the molecule is CC(=O)c1ccc(-c2ccc(C(=O)O[C@H](C(=O)NC3CC3)c3ccccc3)o2)cc1. The molecule has 3 aromatic rings. The van der Waals surface area contributed by atoms with E-state index in [1.54, 1.807) is 54.6 Å². The van der Waals surface area contributed by atoms with Crippen LogP contribution in [0.2, 0.25) is 0 Å². The van der Waals surface area contributed by atoms with Crippen molar-refractivity contribution in [2.24, 2.45) is 0 Å². The van der Waals surface area contributed by atoms with E-state index >= 15 is 0 Å². The van der Waals surface area contributed by atoms with Crippen LogP contribution in [0.3, 0.4) is 0 Å². The lowest BCUT2D eigenvalue weighted by atomic mass is 10.1. The van der Waals surface area contributed by atoms with Crippen molar-refractivity contribution in [3.8, 4) is 11.3 Å². The molecule has 0 bridgehead atoms. The lowest BCUT2D eigenvalue weighted by molar-refractivity contribution is -0.130. The van der Waals surface area contributed by atoms with E-state index in [9.17, 15) is 14.4 Å². The summed E-state index contributed by atoms with van der Waals surface area (Å²) < 4.78 is 11.2. The van der Waals surface area contributed by atoms with Crippen LogP contribution in [0.25, 0.3) is 11.3 Å². The van der Waals surface area contributed by atoms with Crippen LogP contribution < -0.4 is 5.32 Å². The van der Waals surface area contributed by atoms with E-state index < -0.39 is 12.1 Å². The first-order valence-electron chi connectivity index (χ1n) is 9.79. The van der Waals surface area contributed by atoms with Gasteiger partial charge in [0.25, 0.3) is 5.91 Å². The van der Waals surface area contributed by atoms with Crippen molar-refractivity contribution in [1.29, 1.82) is 0 Å². The summed E-state index contributed by atoms with van der Waals surface area (Å²) in [5, 5.41) is 2.88. The average molecular weight is 403 g/mol. The molecule has 0 unspecified atom stereocenters. The summed E-state index contributed by atoms with van der Waals surface area (Å²) in [5.41, 5.74) is 1.91. The molecule has 0 aliphatic heterocycles. The zero-order chi connectivity index (χ0) is 21.1. The number of ether oxygens (including phenoxy) is 1. The predicted octanol–water partition coefficient (Wildman–Crippen LogP) is 4.33. The average Bonchev–Trinajstić information content (AvgIpc) is 3.43. The van der Waals surface area contributed by atoms with Crippen LogP contribution in [0.4, 0.5) is 0 Å². The van der Waals surface area contributed by atoms with E-state index in [1.807, 2.05) is 6.07 Å². The van der Waals surface area contributed by atoms with E-state index in [0.717, 1.165) is 18.4 Å². The number of benzene rings is 2. The van der Waals surface area contributed by atoms with E-state index in [4.69, 9.17) is 9.15 Å². The summed E-state index contributed by atoms with van der Waals surface area (Å²) >= 11 is 0. The van der Waals surface area contributed by atoms with Gasteiger partial charge in [0.1, 0.15) is 5.76 Å². The van der Waals surface area contributed by atoms with Crippen molar-refractivity contribution >= 4 is 17.7 Å². The number of furan rings is 1. The molecule has 6 nitrogen and oxygen atoms in total. The number of hydrogen-bond acceptors (Lipinski definition) is 5. The van der Waals surface area contributed by atoms with Crippen LogP contribution >= 0.6 is 0 Å². The number of carbonyl (C=O) groups excluding carboxylic acids is 3. The first-order chi connectivity index (χ1) is 14.5. The quantitative estimate of drug-likeness (QED) is 0.469. The van der Waals surface area contributed by atoms with Crippen molar-refractivity contribution in [3.63, 3.8) is 0 Å². The smallest absolute Gasteiger partial charge is 0.375 e. The zero-order valence-electron chi connectivity index (χ0n) is 16.5. The fourth-order valence-corrected chi connectivity index (χ4v) is 3.04. The molecule has 4 rings (SSSR count). The molecule has 0 saturated heterocycles. The number of nitrogens with one attached hydrogen (secondary N) is 1. The third kappa shape index (κ3) is 4.49. The zero-order valence-corrected chi connectivity index (χ0v) is 16.5. The van der Waals surface area contributed by atoms with Crippen molar-refractivity contribution in [3.05, 3.63) is 83.6 Å². The Morgan fingerprint density at radius 3 is 2.30 bits per heavy atom. The molecule has 1 aliphatic rings. The maximum Gasteiger partial charge on any atom is 0.375 e. The van der Waals surface area contributed by atoms with Crippen molar-refractivity contribution < 1.29 is 23.5 Å². The second-order valence-corrected chi connectivity index (χ2v) is 7.28. The highest BCUT2D eigenvalue weighted by Gasteiger charge is 2.31. The molecule has 1 atom stereocenters. The Balaban J connectivity index is 1.51. The Kier molecular flexibility index (Phi) is 5.48. The lowest BCUT2D eigenvalue weighted by Crippen LogP contribution is -2.33. The van der Waals surface area contributed by atoms with Gasteiger partial charge in [-0.1, -0.05) is 54.6 Å². The monoisotopic (exact) mass is 403 g/mol. The van der Waals surface area contributed by atoms with Gasteiger partial charge < -0.3 is 14.5 Å². The van der Waals surface area contributed by atoms with Gasteiger partial charge in [0, 0.05) is 22.7 Å². The van der Waals surface area contributed by atoms with Crippen molar-refractivity contribution in [2.75, 3.05) is 0 Å². The van der Waals surface area contributed by atoms with Crippen LogP contribution in [0.15, 0.2) is 71.1 Å². The van der Waals surface area contributed by atoms with Crippen molar-refractivity contribution in [1.82, 2.24) is 5.32 Å². The highest BCUT2D eigenvalue weighted by Crippen LogP contribution is 2.26. The first kappa shape index (κ1) is 19.6. The van der Waals surface area contributed by atoms with Gasteiger partial charge in [-0.15, -0.1) is 0 Å². The summed E-state index contributed by atoms with van der Waals surface area (Å²) in [4.78, 5) is 36.7. The minimum absolute atomic E-state index is 0.000738. The number of Topliss-reactive ketones (excluding diaryl/α,β-unsaturated/α-hetero) is 1. The molecule has 2 aromatic carbocycles. The van der Waals surface area contributed by atoms with Gasteiger partial charge >= 0.3 is 5.97 Å². The van der Waals surface area contributed by atoms with Gasteiger partial charge in [-0.05, 0) is 31.9 Å². The lowest BCUT2D eigenvalue weighted by Gasteiger charge is -2.17. The predicted molar refractivity (Wildman–Crippen MR) is 110 cm³/mol. The van der Waals surface area contributed by atoms with Crippen LogP contribution in [-0.2, 0) is 9.53 Å². The maximum atomic E-state index is 12.7. The molecule has 1 aliphatic carbocycles. The fraction of sp³-hybridized carbons (Fsp3) is 0.208. The van der Waals surface area contributed by atoms with E-state index in [1.165, 1.54) is 13.0 Å². The number of carbonyl (C=O) groups is 3.